The molecule has 2 fully saturated rings. The quantitative estimate of drug-likeness (QED) is 0.319. The molecule has 1 N–H and O–H groups in total. The van der Waals surface area contributed by atoms with Gasteiger partial charge >= 0.3 is 0 Å². The molecule has 2 atom stereocenters. The molecule has 24 heavy (non-hydrogen) atoms. The largest absolute Gasteiger partial charge is 1.00 e. The molecule has 0 aliphatic carbocycles. The van der Waals surface area contributed by atoms with Crippen LogP contribution in [0.1, 0.15) is 6.42 Å². The van der Waals surface area contributed by atoms with Gasteiger partial charge in [-0.15, -0.1) is 4.21 Å². The lowest BCUT2D eigenvalue weighted by Crippen LogP contribution is -3.00. The number of benzene rings is 1. The Morgan fingerprint density at radius 3 is 2.17 bits per heavy atom. The molecular formula is C15H21ClF2INO3S. The molecule has 0 saturated carbocycles. The fourth-order valence-corrected chi connectivity index (χ4v) is 2.62. The smallest absolute Gasteiger partial charge is 0.151 e. The number of aliphatic hydroxyl groups excluding tert-OH is 1. The third-order valence-corrected chi connectivity index (χ3v) is 3.84. The fraction of sp³-hybridized carbons (Fsp3) is 0.600. The Hall–Kier alpha value is -0.0300. The number of hydrogen-bond acceptors (Lipinski definition) is 4. The van der Waals surface area contributed by atoms with Crippen LogP contribution in [0.2, 0.25) is 5.02 Å². The zero-order valence-corrected chi connectivity index (χ0v) is 17.4. The highest BCUT2D eigenvalue weighted by Crippen LogP contribution is 2.40. The molecule has 0 amide bonds. The van der Waals surface area contributed by atoms with Crippen molar-refractivity contribution < 1.29 is 46.8 Å². The van der Waals surface area contributed by atoms with Gasteiger partial charge in [-0.2, -0.15) is 0 Å². The van der Waals surface area contributed by atoms with Crippen molar-refractivity contribution in [3.8, 4) is 0 Å². The van der Waals surface area contributed by atoms with Crippen molar-refractivity contribution in [3.05, 3.63) is 28.8 Å². The molecule has 0 aromatic heterocycles. The molecule has 2 aliphatic heterocycles. The minimum Gasteiger partial charge on any atom is -1.00 e. The van der Waals surface area contributed by atoms with Gasteiger partial charge in [-0.3, -0.25) is 0 Å². The second-order valence-electron chi connectivity index (χ2n) is 6.51. The Bertz CT molecular complexity index is 608. The van der Waals surface area contributed by atoms with Crippen LogP contribution >= 0.6 is 11.6 Å². The molecular weight excluding hydrogens is 475 g/mol. The standard InChI is InChI=1S/C12H12ClF2NO2.C3H9OS.HI/c13-7-3-8(14)11(9(15)4-7)16-2-1-12(6-18-12)10(17)5-16;1-5(2,3)4;/h3-4,10,17H,1-2,5-6H2;1-3H3;1H/q;+1;/p-1/t10-,12-;;/m1../s1. The SMILES string of the molecule is C[S+](C)(C)=O.O[C@@H]1CN(c2c(F)cc(Cl)cc2F)CC[C@@]12CO2.[I-]. The normalized spacial score (nSPS) is 25.6. The third-order valence-electron chi connectivity index (χ3n) is 3.62. The molecule has 138 valence electrons. The summed E-state index contributed by atoms with van der Waals surface area (Å²) >= 11 is 5.58. The summed E-state index contributed by atoms with van der Waals surface area (Å²) in [6.45, 7) is 1.13. The first-order chi connectivity index (χ1) is 10.5. The Morgan fingerprint density at radius 2 is 1.79 bits per heavy atom. The number of rotatable bonds is 1. The Balaban J connectivity index is 0.000000425. The van der Waals surface area contributed by atoms with Crippen LogP contribution in [0.3, 0.4) is 0 Å². The van der Waals surface area contributed by atoms with Crippen LogP contribution in [-0.4, -0.2) is 55.3 Å². The van der Waals surface area contributed by atoms with Gasteiger partial charge < -0.3 is 38.7 Å². The maximum atomic E-state index is 13.8. The second-order valence-corrected chi connectivity index (χ2v) is 10.4. The van der Waals surface area contributed by atoms with E-state index in [4.69, 9.17) is 16.3 Å². The third kappa shape index (κ3) is 5.76. The second kappa shape index (κ2) is 8.11. The van der Waals surface area contributed by atoms with Crippen molar-refractivity contribution in [2.24, 2.45) is 0 Å². The minimum atomic E-state index is -1.42. The maximum Gasteiger partial charge on any atom is 0.151 e. The summed E-state index contributed by atoms with van der Waals surface area (Å²) in [6.07, 6.45) is 4.99. The van der Waals surface area contributed by atoms with Gasteiger partial charge in [0, 0.05) is 18.1 Å². The molecule has 2 saturated heterocycles. The van der Waals surface area contributed by atoms with E-state index in [0.717, 1.165) is 12.1 Å². The molecule has 1 aromatic rings. The number of piperidine rings is 1. The van der Waals surface area contributed by atoms with Crippen LogP contribution in [-0.2, 0) is 18.9 Å². The van der Waals surface area contributed by atoms with Crippen molar-refractivity contribution in [2.75, 3.05) is 43.4 Å². The summed E-state index contributed by atoms with van der Waals surface area (Å²) in [5.74, 6) is -1.42. The van der Waals surface area contributed by atoms with Gasteiger partial charge in [-0.05, 0) is 18.6 Å². The number of ether oxygens (including phenoxy) is 1. The Morgan fingerprint density at radius 1 is 1.33 bits per heavy atom. The first-order valence-corrected chi connectivity index (χ1v) is 10.3. The van der Waals surface area contributed by atoms with E-state index in [0.29, 0.717) is 19.6 Å². The molecule has 9 heteroatoms. The van der Waals surface area contributed by atoms with Gasteiger partial charge in [-0.1, -0.05) is 11.6 Å². The average Bonchev–Trinajstić information content (AvgIpc) is 3.11. The van der Waals surface area contributed by atoms with E-state index in [1.54, 1.807) is 18.8 Å². The summed E-state index contributed by atoms with van der Waals surface area (Å²) in [7, 11) is -1.42. The molecule has 3 rings (SSSR count). The summed E-state index contributed by atoms with van der Waals surface area (Å²) < 4.78 is 42.9. The molecule has 0 bridgehead atoms. The summed E-state index contributed by atoms with van der Waals surface area (Å²) in [4.78, 5) is 1.50. The van der Waals surface area contributed by atoms with E-state index in [2.05, 4.69) is 0 Å². The van der Waals surface area contributed by atoms with Crippen LogP contribution in [0, 0.1) is 11.6 Å². The average molecular weight is 496 g/mol. The molecule has 2 aliphatic rings. The first-order valence-electron chi connectivity index (χ1n) is 7.12. The number of β-amino-alcohol motifs (C(OH)–C–C–N with tert-alkyl or cyclic N) is 1. The topological polar surface area (TPSA) is 53.1 Å². The molecule has 0 unspecified atom stereocenters. The van der Waals surface area contributed by atoms with Crippen molar-refractivity contribution in [3.63, 3.8) is 0 Å². The molecule has 1 aromatic carbocycles. The highest BCUT2D eigenvalue weighted by atomic mass is 127. The van der Waals surface area contributed by atoms with Crippen LogP contribution in [0.25, 0.3) is 0 Å². The number of anilines is 1. The number of halogens is 4. The Kier molecular flexibility index (Phi) is 7.44. The zero-order chi connectivity index (χ0) is 17.4. The van der Waals surface area contributed by atoms with Crippen LogP contribution in [0.15, 0.2) is 12.1 Å². The molecule has 2 heterocycles. The first kappa shape index (κ1) is 22.0. The van der Waals surface area contributed by atoms with Gasteiger partial charge in [0.05, 0.1) is 16.5 Å². The maximum absolute atomic E-state index is 13.8. The predicted octanol–water partition coefficient (Wildman–Crippen LogP) is -0.662. The van der Waals surface area contributed by atoms with Gasteiger partial charge in [0.2, 0.25) is 0 Å². The van der Waals surface area contributed by atoms with Gasteiger partial charge in [0.15, 0.2) is 11.6 Å². The predicted molar refractivity (Wildman–Crippen MR) is 88.7 cm³/mol. The minimum absolute atomic E-state index is 0. The zero-order valence-electron chi connectivity index (χ0n) is 13.7. The van der Waals surface area contributed by atoms with Crippen LogP contribution in [0.5, 0.6) is 0 Å². The highest BCUT2D eigenvalue weighted by Gasteiger charge is 2.54. The lowest BCUT2D eigenvalue weighted by Gasteiger charge is -2.36. The van der Waals surface area contributed by atoms with Crippen molar-refractivity contribution in [1.29, 1.82) is 0 Å². The monoisotopic (exact) mass is 495 g/mol. The van der Waals surface area contributed by atoms with Gasteiger partial charge in [0.25, 0.3) is 0 Å². The van der Waals surface area contributed by atoms with E-state index in [1.165, 1.54) is 4.90 Å². The van der Waals surface area contributed by atoms with E-state index in [1.807, 2.05) is 0 Å². The lowest BCUT2D eigenvalue weighted by atomic mass is 9.94. The Labute approximate surface area is 163 Å². The lowest BCUT2D eigenvalue weighted by molar-refractivity contribution is -0.00000931. The van der Waals surface area contributed by atoms with E-state index in [-0.39, 0.29) is 41.2 Å². The fourth-order valence-electron chi connectivity index (χ4n) is 2.43. The highest BCUT2D eigenvalue weighted by molar-refractivity contribution is 8.00. The molecule has 4 nitrogen and oxygen atoms in total. The van der Waals surface area contributed by atoms with E-state index >= 15 is 0 Å². The number of nitrogens with zero attached hydrogens (tertiary/aromatic N) is 1. The van der Waals surface area contributed by atoms with Crippen molar-refractivity contribution in [1.82, 2.24) is 0 Å². The summed E-state index contributed by atoms with van der Waals surface area (Å²) in [5.41, 5.74) is -0.607. The molecule has 0 radical (unpaired) electrons. The van der Waals surface area contributed by atoms with E-state index in [9.17, 15) is 18.1 Å². The van der Waals surface area contributed by atoms with Gasteiger partial charge in [0.1, 0.15) is 36.2 Å². The number of epoxide rings is 1. The van der Waals surface area contributed by atoms with Gasteiger partial charge in [-0.25, -0.2) is 8.78 Å². The summed E-state index contributed by atoms with van der Waals surface area (Å²) in [5, 5.41) is 9.95. The van der Waals surface area contributed by atoms with E-state index < -0.39 is 33.3 Å². The molecule has 1 spiro atoms. The number of hydrogen-bond donors (Lipinski definition) is 1. The number of aliphatic hydroxyl groups is 1. The summed E-state index contributed by atoms with van der Waals surface area (Å²) in [6, 6.07) is 2.15. The van der Waals surface area contributed by atoms with Crippen LogP contribution in [0.4, 0.5) is 14.5 Å². The van der Waals surface area contributed by atoms with Crippen LogP contribution < -0.4 is 28.9 Å². The van der Waals surface area contributed by atoms with Crippen molar-refractivity contribution >= 4 is 27.2 Å². The van der Waals surface area contributed by atoms with Crippen molar-refractivity contribution in [2.45, 2.75) is 18.1 Å².